The van der Waals surface area contributed by atoms with E-state index in [2.05, 4.69) is 0 Å². The third-order valence-corrected chi connectivity index (χ3v) is 6.86. The number of carbonyl (C=O) groups excluding carboxylic acids is 1. The number of nitrogens with zero attached hydrogens (tertiary/aromatic N) is 2. The SMILES string of the molecule is CN(C(=O)c1cccc(N2CCCS2(=O)=O)c1)c1ccc(Oc2ccccc2)cc1. The molecule has 1 aliphatic heterocycles. The van der Waals surface area contributed by atoms with E-state index in [1.807, 2.05) is 42.5 Å². The summed E-state index contributed by atoms with van der Waals surface area (Å²) in [4.78, 5) is 14.5. The van der Waals surface area contributed by atoms with Gasteiger partial charge in [0.05, 0.1) is 11.4 Å². The molecule has 1 saturated heterocycles. The molecule has 0 bridgehead atoms. The summed E-state index contributed by atoms with van der Waals surface area (Å²) in [7, 11) is -1.60. The lowest BCUT2D eigenvalue weighted by atomic mass is 10.1. The maximum atomic E-state index is 13.0. The fourth-order valence-electron chi connectivity index (χ4n) is 3.40. The summed E-state index contributed by atoms with van der Waals surface area (Å²) in [5.74, 6) is 1.34. The highest BCUT2D eigenvalue weighted by molar-refractivity contribution is 7.93. The third-order valence-electron chi connectivity index (χ3n) is 4.99. The smallest absolute Gasteiger partial charge is 0.258 e. The number of sulfonamides is 1. The van der Waals surface area contributed by atoms with Crippen LogP contribution in [0.1, 0.15) is 16.8 Å². The Morgan fingerprint density at radius 1 is 0.933 bits per heavy atom. The van der Waals surface area contributed by atoms with Crippen molar-refractivity contribution in [1.29, 1.82) is 0 Å². The van der Waals surface area contributed by atoms with Crippen LogP contribution >= 0.6 is 0 Å². The first-order valence-electron chi connectivity index (χ1n) is 9.65. The van der Waals surface area contributed by atoms with Gasteiger partial charge < -0.3 is 9.64 Å². The molecular formula is C23H22N2O4S. The molecule has 0 aliphatic carbocycles. The highest BCUT2D eigenvalue weighted by Crippen LogP contribution is 2.27. The lowest BCUT2D eigenvalue weighted by Crippen LogP contribution is -2.28. The molecule has 1 amide bonds. The van der Waals surface area contributed by atoms with Gasteiger partial charge in [-0.05, 0) is 61.0 Å². The lowest BCUT2D eigenvalue weighted by molar-refractivity contribution is 0.0993. The van der Waals surface area contributed by atoms with Gasteiger partial charge in [0.1, 0.15) is 11.5 Å². The fraction of sp³-hybridized carbons (Fsp3) is 0.174. The molecule has 0 aromatic heterocycles. The van der Waals surface area contributed by atoms with Crippen molar-refractivity contribution in [2.75, 3.05) is 28.6 Å². The second-order valence-electron chi connectivity index (χ2n) is 7.07. The number of rotatable bonds is 5. The minimum atomic E-state index is -3.29. The molecule has 0 unspecified atom stereocenters. The molecule has 30 heavy (non-hydrogen) atoms. The average molecular weight is 423 g/mol. The van der Waals surface area contributed by atoms with Crippen LogP contribution in [0, 0.1) is 0 Å². The van der Waals surface area contributed by atoms with E-state index in [1.54, 1.807) is 43.4 Å². The minimum absolute atomic E-state index is 0.141. The van der Waals surface area contributed by atoms with Crippen LogP contribution in [0.5, 0.6) is 11.5 Å². The number of hydrogen-bond donors (Lipinski definition) is 0. The monoisotopic (exact) mass is 422 g/mol. The molecule has 154 valence electrons. The van der Waals surface area contributed by atoms with E-state index in [9.17, 15) is 13.2 Å². The molecule has 7 heteroatoms. The third kappa shape index (κ3) is 4.16. The maximum Gasteiger partial charge on any atom is 0.258 e. The minimum Gasteiger partial charge on any atom is -0.457 e. The van der Waals surface area contributed by atoms with E-state index < -0.39 is 10.0 Å². The molecule has 1 aliphatic rings. The number of amides is 1. The van der Waals surface area contributed by atoms with Crippen LogP contribution in [0.4, 0.5) is 11.4 Å². The molecule has 1 fully saturated rings. The topological polar surface area (TPSA) is 66.9 Å². The zero-order valence-corrected chi connectivity index (χ0v) is 17.4. The van der Waals surface area contributed by atoms with Crippen molar-refractivity contribution < 1.29 is 17.9 Å². The van der Waals surface area contributed by atoms with Gasteiger partial charge >= 0.3 is 0 Å². The van der Waals surface area contributed by atoms with Crippen molar-refractivity contribution in [3.05, 3.63) is 84.4 Å². The molecular weight excluding hydrogens is 400 g/mol. The normalized spacial score (nSPS) is 15.0. The van der Waals surface area contributed by atoms with Gasteiger partial charge in [0.15, 0.2) is 0 Å². The van der Waals surface area contributed by atoms with Gasteiger partial charge in [-0.15, -0.1) is 0 Å². The van der Waals surface area contributed by atoms with Gasteiger partial charge in [-0.2, -0.15) is 0 Å². The number of anilines is 2. The van der Waals surface area contributed by atoms with Crippen LogP contribution in [0.3, 0.4) is 0 Å². The van der Waals surface area contributed by atoms with Crippen LogP contribution < -0.4 is 13.9 Å². The van der Waals surface area contributed by atoms with Crippen molar-refractivity contribution in [2.45, 2.75) is 6.42 Å². The Kier molecular flexibility index (Phi) is 5.46. The zero-order chi connectivity index (χ0) is 21.1. The van der Waals surface area contributed by atoms with E-state index in [1.165, 1.54) is 9.21 Å². The Hall–Kier alpha value is -3.32. The first-order valence-corrected chi connectivity index (χ1v) is 11.3. The van der Waals surface area contributed by atoms with E-state index >= 15 is 0 Å². The van der Waals surface area contributed by atoms with E-state index in [4.69, 9.17) is 4.74 Å². The Morgan fingerprint density at radius 3 is 2.30 bits per heavy atom. The number of ether oxygens (including phenoxy) is 1. The molecule has 3 aromatic carbocycles. The van der Waals surface area contributed by atoms with Crippen molar-refractivity contribution in [2.24, 2.45) is 0 Å². The highest BCUT2D eigenvalue weighted by atomic mass is 32.2. The van der Waals surface area contributed by atoms with E-state index in [0.29, 0.717) is 35.7 Å². The van der Waals surface area contributed by atoms with Crippen molar-refractivity contribution in [3.8, 4) is 11.5 Å². The van der Waals surface area contributed by atoms with E-state index in [-0.39, 0.29) is 11.7 Å². The molecule has 6 nitrogen and oxygen atoms in total. The van der Waals surface area contributed by atoms with Crippen molar-refractivity contribution >= 4 is 27.3 Å². The van der Waals surface area contributed by atoms with E-state index in [0.717, 1.165) is 5.75 Å². The Bertz CT molecular complexity index is 1150. The molecule has 1 heterocycles. The van der Waals surface area contributed by atoms with Gasteiger partial charge in [-0.3, -0.25) is 9.10 Å². The molecule has 0 radical (unpaired) electrons. The second kappa shape index (κ2) is 8.20. The first kappa shape index (κ1) is 20.0. The predicted octanol–water partition coefficient (Wildman–Crippen LogP) is 4.30. The average Bonchev–Trinajstić information content (AvgIpc) is 3.13. The van der Waals surface area contributed by atoms with Crippen LogP contribution in [0.2, 0.25) is 0 Å². The maximum absolute atomic E-state index is 13.0. The number of carbonyl (C=O) groups is 1. The zero-order valence-electron chi connectivity index (χ0n) is 16.6. The Balaban J connectivity index is 1.50. The highest BCUT2D eigenvalue weighted by Gasteiger charge is 2.29. The second-order valence-corrected chi connectivity index (χ2v) is 9.08. The summed E-state index contributed by atoms with van der Waals surface area (Å²) < 4.78 is 31.5. The first-order chi connectivity index (χ1) is 14.4. The molecule has 0 spiro atoms. The summed E-state index contributed by atoms with van der Waals surface area (Å²) in [6, 6.07) is 23.5. The summed E-state index contributed by atoms with van der Waals surface area (Å²) in [5, 5.41) is 0. The van der Waals surface area contributed by atoms with Crippen LogP contribution in [-0.2, 0) is 10.0 Å². The predicted molar refractivity (Wildman–Crippen MR) is 118 cm³/mol. The Labute approximate surface area is 176 Å². The summed E-state index contributed by atoms with van der Waals surface area (Å²) >= 11 is 0. The van der Waals surface area contributed by atoms with Crippen LogP contribution in [0.15, 0.2) is 78.9 Å². The number of para-hydroxylation sites is 1. The van der Waals surface area contributed by atoms with Gasteiger partial charge in [0, 0.05) is 24.8 Å². The van der Waals surface area contributed by atoms with Crippen LogP contribution in [-0.4, -0.2) is 33.7 Å². The number of hydrogen-bond acceptors (Lipinski definition) is 4. The lowest BCUT2D eigenvalue weighted by Gasteiger charge is -2.20. The van der Waals surface area contributed by atoms with Crippen molar-refractivity contribution in [1.82, 2.24) is 0 Å². The molecule has 4 rings (SSSR count). The quantitative estimate of drug-likeness (QED) is 0.615. The number of benzene rings is 3. The van der Waals surface area contributed by atoms with Crippen molar-refractivity contribution in [3.63, 3.8) is 0 Å². The van der Waals surface area contributed by atoms with Gasteiger partial charge in [0.2, 0.25) is 10.0 Å². The molecule has 0 N–H and O–H groups in total. The van der Waals surface area contributed by atoms with Gasteiger partial charge in [-0.1, -0.05) is 24.3 Å². The summed E-state index contributed by atoms with van der Waals surface area (Å²) in [6.07, 6.45) is 0.595. The summed E-state index contributed by atoms with van der Waals surface area (Å²) in [6.45, 7) is 0.443. The largest absolute Gasteiger partial charge is 0.457 e. The Morgan fingerprint density at radius 2 is 1.63 bits per heavy atom. The molecule has 0 atom stereocenters. The fourth-order valence-corrected chi connectivity index (χ4v) is 4.95. The van der Waals surface area contributed by atoms with Crippen LogP contribution in [0.25, 0.3) is 0 Å². The van der Waals surface area contributed by atoms with Gasteiger partial charge in [0.25, 0.3) is 5.91 Å². The molecule has 3 aromatic rings. The summed E-state index contributed by atoms with van der Waals surface area (Å²) in [5.41, 5.74) is 1.67. The standard InChI is InChI=1S/C23H22N2O4S/c1-24(19-11-13-22(14-12-19)29-21-9-3-2-4-10-21)23(26)18-7-5-8-20(17-18)25-15-6-16-30(25,27)28/h2-5,7-14,17H,6,15-16H2,1H3. The molecule has 0 saturated carbocycles. The van der Waals surface area contributed by atoms with Gasteiger partial charge in [-0.25, -0.2) is 8.42 Å².